The first-order chi connectivity index (χ1) is 9.02. The molecule has 0 fully saturated rings. The van der Waals surface area contributed by atoms with Crippen LogP contribution in [0.1, 0.15) is 11.4 Å². The van der Waals surface area contributed by atoms with Crippen LogP contribution in [0.4, 0.5) is 0 Å². The Bertz CT molecular complexity index is 617. The van der Waals surface area contributed by atoms with Gasteiger partial charge in [0.05, 0.1) is 19.2 Å². The third kappa shape index (κ3) is 2.59. The van der Waals surface area contributed by atoms with E-state index >= 15 is 0 Å². The van der Waals surface area contributed by atoms with Crippen LogP contribution in [0.25, 0.3) is 11.4 Å². The molecule has 1 heterocycles. The SMILES string of the molecule is COc1cccc(-c2nc(CC(=O)O)c(C)n2C)c1. The minimum atomic E-state index is -0.876. The van der Waals surface area contributed by atoms with Crippen LogP contribution in [0.2, 0.25) is 0 Å². The van der Waals surface area contributed by atoms with Crippen LogP contribution in [-0.4, -0.2) is 27.7 Å². The molecule has 0 saturated carbocycles. The van der Waals surface area contributed by atoms with Crippen LogP contribution < -0.4 is 4.74 Å². The normalized spacial score (nSPS) is 10.5. The summed E-state index contributed by atoms with van der Waals surface area (Å²) in [6, 6.07) is 7.55. The highest BCUT2D eigenvalue weighted by Gasteiger charge is 2.15. The maximum absolute atomic E-state index is 10.8. The molecule has 5 heteroatoms. The van der Waals surface area contributed by atoms with Crippen molar-refractivity contribution in [1.82, 2.24) is 9.55 Å². The number of aromatic nitrogens is 2. The Hall–Kier alpha value is -2.30. The zero-order valence-electron chi connectivity index (χ0n) is 11.2. The molecule has 2 rings (SSSR count). The van der Waals surface area contributed by atoms with Crippen molar-refractivity contribution < 1.29 is 14.6 Å². The molecule has 0 radical (unpaired) electrons. The highest BCUT2D eigenvalue weighted by Crippen LogP contribution is 2.24. The first-order valence-electron chi connectivity index (χ1n) is 5.91. The maximum atomic E-state index is 10.8. The predicted octanol–water partition coefficient (Wildman–Crippen LogP) is 2.03. The third-order valence-corrected chi connectivity index (χ3v) is 3.13. The van der Waals surface area contributed by atoms with Crippen molar-refractivity contribution in [3.05, 3.63) is 35.7 Å². The van der Waals surface area contributed by atoms with E-state index in [-0.39, 0.29) is 6.42 Å². The maximum Gasteiger partial charge on any atom is 0.309 e. The summed E-state index contributed by atoms with van der Waals surface area (Å²) in [6.45, 7) is 1.87. The lowest BCUT2D eigenvalue weighted by Crippen LogP contribution is -2.02. The molecule has 5 nitrogen and oxygen atoms in total. The van der Waals surface area contributed by atoms with Crippen molar-refractivity contribution in [2.24, 2.45) is 7.05 Å². The monoisotopic (exact) mass is 260 g/mol. The van der Waals surface area contributed by atoms with Gasteiger partial charge in [-0.2, -0.15) is 0 Å². The summed E-state index contributed by atoms with van der Waals surface area (Å²) in [6.07, 6.45) is -0.0658. The largest absolute Gasteiger partial charge is 0.497 e. The summed E-state index contributed by atoms with van der Waals surface area (Å²) in [5.41, 5.74) is 2.36. The minimum Gasteiger partial charge on any atom is -0.497 e. The number of ether oxygens (including phenoxy) is 1. The van der Waals surface area contributed by atoms with Gasteiger partial charge in [0.25, 0.3) is 0 Å². The van der Waals surface area contributed by atoms with Crippen molar-refractivity contribution in [2.75, 3.05) is 7.11 Å². The van der Waals surface area contributed by atoms with Crippen molar-refractivity contribution in [3.8, 4) is 17.1 Å². The first kappa shape index (κ1) is 13.1. The second-order valence-electron chi connectivity index (χ2n) is 4.33. The number of benzene rings is 1. The molecule has 1 N–H and O–H groups in total. The summed E-state index contributed by atoms with van der Waals surface area (Å²) in [5.74, 6) is 0.615. The van der Waals surface area contributed by atoms with E-state index < -0.39 is 5.97 Å². The van der Waals surface area contributed by atoms with Gasteiger partial charge in [-0.1, -0.05) is 12.1 Å². The number of carboxylic acids is 1. The quantitative estimate of drug-likeness (QED) is 0.913. The topological polar surface area (TPSA) is 64.3 Å². The van der Waals surface area contributed by atoms with Crippen molar-refractivity contribution in [3.63, 3.8) is 0 Å². The van der Waals surface area contributed by atoms with E-state index in [9.17, 15) is 4.79 Å². The van der Waals surface area contributed by atoms with Crippen LogP contribution in [0.3, 0.4) is 0 Å². The molecule has 0 aliphatic heterocycles. The number of carboxylic acid groups (broad SMARTS) is 1. The first-order valence-corrected chi connectivity index (χ1v) is 5.91. The number of imidazole rings is 1. The van der Waals surface area contributed by atoms with E-state index in [1.807, 2.05) is 42.8 Å². The lowest BCUT2D eigenvalue weighted by Gasteiger charge is -2.05. The molecule has 0 saturated heterocycles. The van der Waals surface area contributed by atoms with Crippen molar-refractivity contribution in [2.45, 2.75) is 13.3 Å². The smallest absolute Gasteiger partial charge is 0.309 e. The molecule has 0 unspecified atom stereocenters. The Morgan fingerprint density at radius 3 is 2.84 bits per heavy atom. The molecule has 0 bridgehead atoms. The molecule has 0 atom stereocenters. The molecule has 1 aromatic heterocycles. The molecule has 0 aliphatic rings. The summed E-state index contributed by atoms with van der Waals surface area (Å²) >= 11 is 0. The van der Waals surface area contributed by atoms with Crippen molar-refractivity contribution >= 4 is 5.97 Å². The molecule has 1 aromatic carbocycles. The van der Waals surface area contributed by atoms with Gasteiger partial charge in [0, 0.05) is 18.3 Å². The number of aliphatic carboxylic acids is 1. The third-order valence-electron chi connectivity index (χ3n) is 3.13. The van der Waals surface area contributed by atoms with Gasteiger partial charge in [0.1, 0.15) is 11.6 Å². The molecule has 0 amide bonds. The summed E-state index contributed by atoms with van der Waals surface area (Å²) in [5, 5.41) is 8.87. The summed E-state index contributed by atoms with van der Waals surface area (Å²) in [7, 11) is 3.49. The molecule has 0 spiro atoms. The van der Waals surface area contributed by atoms with Crippen LogP contribution in [0.5, 0.6) is 5.75 Å². The number of methoxy groups -OCH3 is 1. The predicted molar refractivity (Wildman–Crippen MR) is 71.3 cm³/mol. The molecular formula is C14H16N2O3. The highest BCUT2D eigenvalue weighted by molar-refractivity contribution is 5.70. The van der Waals surface area contributed by atoms with Gasteiger partial charge in [0.2, 0.25) is 0 Å². The van der Waals surface area contributed by atoms with E-state index in [0.717, 1.165) is 22.8 Å². The molecule has 19 heavy (non-hydrogen) atoms. The highest BCUT2D eigenvalue weighted by atomic mass is 16.5. The minimum absolute atomic E-state index is 0.0658. The van der Waals surface area contributed by atoms with Crippen LogP contribution in [-0.2, 0) is 18.3 Å². The average molecular weight is 260 g/mol. The van der Waals surface area contributed by atoms with Crippen molar-refractivity contribution in [1.29, 1.82) is 0 Å². The molecule has 100 valence electrons. The fourth-order valence-corrected chi connectivity index (χ4v) is 1.97. The van der Waals surface area contributed by atoms with E-state index in [2.05, 4.69) is 4.98 Å². The standard InChI is InChI=1S/C14H16N2O3/c1-9-12(8-13(17)18)15-14(16(9)2)10-5-4-6-11(7-10)19-3/h4-7H,8H2,1-3H3,(H,17,18). The Kier molecular flexibility index (Phi) is 3.55. The number of hydrogen-bond donors (Lipinski definition) is 1. The Morgan fingerprint density at radius 1 is 1.47 bits per heavy atom. The Morgan fingerprint density at radius 2 is 2.21 bits per heavy atom. The molecule has 2 aromatic rings. The molecule has 0 aliphatic carbocycles. The lowest BCUT2D eigenvalue weighted by atomic mass is 10.2. The van der Waals surface area contributed by atoms with Gasteiger partial charge < -0.3 is 14.4 Å². The van der Waals surface area contributed by atoms with Gasteiger partial charge in [-0.05, 0) is 19.1 Å². The second kappa shape index (κ2) is 5.14. The van der Waals surface area contributed by atoms with Gasteiger partial charge in [-0.15, -0.1) is 0 Å². The van der Waals surface area contributed by atoms with Gasteiger partial charge in [-0.3, -0.25) is 4.79 Å². The van der Waals surface area contributed by atoms with Gasteiger partial charge in [-0.25, -0.2) is 4.98 Å². The average Bonchev–Trinajstić information content (AvgIpc) is 2.67. The Labute approximate surface area is 111 Å². The van der Waals surface area contributed by atoms with Gasteiger partial charge in [0.15, 0.2) is 0 Å². The van der Waals surface area contributed by atoms with Crippen LogP contribution in [0.15, 0.2) is 24.3 Å². The lowest BCUT2D eigenvalue weighted by molar-refractivity contribution is -0.136. The van der Waals surface area contributed by atoms with Crippen LogP contribution >= 0.6 is 0 Å². The van der Waals surface area contributed by atoms with E-state index in [1.54, 1.807) is 7.11 Å². The van der Waals surface area contributed by atoms with E-state index in [1.165, 1.54) is 0 Å². The fourth-order valence-electron chi connectivity index (χ4n) is 1.97. The number of carbonyl (C=O) groups is 1. The fraction of sp³-hybridized carbons (Fsp3) is 0.286. The van der Waals surface area contributed by atoms with E-state index in [4.69, 9.17) is 9.84 Å². The number of rotatable bonds is 4. The van der Waals surface area contributed by atoms with Gasteiger partial charge >= 0.3 is 5.97 Å². The number of hydrogen-bond acceptors (Lipinski definition) is 3. The number of nitrogens with zero attached hydrogens (tertiary/aromatic N) is 2. The second-order valence-corrected chi connectivity index (χ2v) is 4.33. The molecular weight excluding hydrogens is 244 g/mol. The summed E-state index contributed by atoms with van der Waals surface area (Å²) < 4.78 is 7.08. The van der Waals surface area contributed by atoms with E-state index in [0.29, 0.717) is 5.69 Å². The zero-order chi connectivity index (χ0) is 14.0. The Balaban J connectivity index is 2.47. The zero-order valence-corrected chi connectivity index (χ0v) is 11.2. The summed E-state index contributed by atoms with van der Waals surface area (Å²) in [4.78, 5) is 15.2. The van der Waals surface area contributed by atoms with Crippen LogP contribution in [0, 0.1) is 6.92 Å².